The third-order valence-corrected chi connectivity index (χ3v) is 3.96. The number of carbonyl (C=O) groups excluding carboxylic acids is 2. The molecule has 3 nitrogen and oxygen atoms in total. The van der Waals surface area contributed by atoms with E-state index in [-0.39, 0.29) is 29.0 Å². The van der Waals surface area contributed by atoms with Crippen LogP contribution in [0.2, 0.25) is 0 Å². The summed E-state index contributed by atoms with van der Waals surface area (Å²) >= 11 is 0.924. The van der Waals surface area contributed by atoms with Crippen LogP contribution in [-0.4, -0.2) is 22.8 Å². The fraction of sp³-hybridized carbons (Fsp3) is 0.385. The minimum atomic E-state index is -4.76. The summed E-state index contributed by atoms with van der Waals surface area (Å²) in [6, 6.07) is 2.19. The van der Waals surface area contributed by atoms with Gasteiger partial charge in [0.15, 0.2) is 5.12 Å². The van der Waals surface area contributed by atoms with Crippen molar-refractivity contribution < 1.29 is 27.2 Å². The standard InChI is InChI=1S/C13H11F4NO2S/c1-7(19)21-9-5-12(20)18(6-9)11-3-2-8(14)4-10(11)13(15,16)17/h2-4,9H,5-6H2,1H3. The van der Waals surface area contributed by atoms with Crippen molar-refractivity contribution in [1.82, 2.24) is 0 Å². The number of hydrogen-bond donors (Lipinski definition) is 0. The lowest BCUT2D eigenvalue weighted by atomic mass is 10.1. The van der Waals surface area contributed by atoms with Crippen molar-refractivity contribution in [3.63, 3.8) is 0 Å². The molecule has 114 valence electrons. The Kier molecular flexibility index (Phi) is 4.27. The van der Waals surface area contributed by atoms with Crippen LogP contribution in [-0.2, 0) is 15.8 Å². The molecule has 0 aromatic heterocycles. The van der Waals surface area contributed by atoms with Gasteiger partial charge in [0, 0.05) is 25.1 Å². The molecule has 1 fully saturated rings. The van der Waals surface area contributed by atoms with Crippen molar-refractivity contribution in [1.29, 1.82) is 0 Å². The molecule has 0 saturated carbocycles. The molecule has 1 amide bonds. The van der Waals surface area contributed by atoms with Gasteiger partial charge in [-0.05, 0) is 18.2 Å². The molecule has 1 saturated heterocycles. The molecule has 1 aliphatic rings. The van der Waals surface area contributed by atoms with Gasteiger partial charge in [-0.2, -0.15) is 13.2 Å². The summed E-state index contributed by atoms with van der Waals surface area (Å²) in [4.78, 5) is 23.9. The number of halogens is 4. The fourth-order valence-corrected chi connectivity index (χ4v) is 3.11. The molecule has 1 aliphatic heterocycles. The summed E-state index contributed by atoms with van der Waals surface area (Å²) in [5.74, 6) is -1.53. The Bertz CT molecular complexity index is 588. The average molecular weight is 321 g/mol. The van der Waals surface area contributed by atoms with Crippen LogP contribution in [0.1, 0.15) is 18.9 Å². The molecule has 0 aliphatic carbocycles. The predicted octanol–water partition coefficient (Wildman–Crippen LogP) is 3.23. The summed E-state index contributed by atoms with van der Waals surface area (Å²) in [6.07, 6.45) is -4.78. The number of benzene rings is 1. The van der Waals surface area contributed by atoms with Crippen LogP contribution < -0.4 is 4.90 Å². The summed E-state index contributed by atoms with van der Waals surface area (Å²) in [5.41, 5.74) is -1.56. The Morgan fingerprint density at radius 2 is 2.05 bits per heavy atom. The van der Waals surface area contributed by atoms with Crippen molar-refractivity contribution >= 4 is 28.5 Å². The van der Waals surface area contributed by atoms with E-state index in [1.165, 1.54) is 6.92 Å². The number of rotatable bonds is 2. The van der Waals surface area contributed by atoms with Crippen LogP contribution in [0.3, 0.4) is 0 Å². The predicted molar refractivity (Wildman–Crippen MR) is 70.4 cm³/mol. The first kappa shape index (κ1) is 15.8. The number of hydrogen-bond acceptors (Lipinski definition) is 3. The number of alkyl halides is 3. The average Bonchev–Trinajstić information content (AvgIpc) is 2.68. The Hall–Kier alpha value is -1.57. The van der Waals surface area contributed by atoms with E-state index in [2.05, 4.69) is 0 Å². The highest BCUT2D eigenvalue weighted by Gasteiger charge is 2.39. The number of nitrogens with zero attached hydrogens (tertiary/aromatic N) is 1. The SMILES string of the molecule is CC(=O)SC1CC(=O)N(c2ccc(F)cc2C(F)(F)F)C1. The van der Waals surface area contributed by atoms with Gasteiger partial charge in [-0.25, -0.2) is 4.39 Å². The molecule has 1 unspecified atom stereocenters. The Balaban J connectivity index is 2.34. The second-order valence-corrected chi connectivity index (χ2v) is 6.08. The smallest absolute Gasteiger partial charge is 0.311 e. The minimum Gasteiger partial charge on any atom is -0.311 e. The Morgan fingerprint density at radius 3 is 2.62 bits per heavy atom. The normalized spacial score (nSPS) is 19.2. The molecule has 0 radical (unpaired) electrons. The van der Waals surface area contributed by atoms with E-state index in [1.807, 2.05) is 0 Å². The molecule has 0 N–H and O–H groups in total. The van der Waals surface area contributed by atoms with Gasteiger partial charge in [-0.15, -0.1) is 0 Å². The molecular weight excluding hydrogens is 310 g/mol. The van der Waals surface area contributed by atoms with Crippen molar-refractivity contribution in [3.05, 3.63) is 29.6 Å². The number of amides is 1. The zero-order valence-corrected chi connectivity index (χ0v) is 11.7. The highest BCUT2D eigenvalue weighted by Crippen LogP contribution is 2.39. The van der Waals surface area contributed by atoms with E-state index in [4.69, 9.17) is 0 Å². The van der Waals surface area contributed by atoms with Crippen LogP contribution in [0, 0.1) is 5.82 Å². The van der Waals surface area contributed by atoms with E-state index < -0.39 is 23.5 Å². The van der Waals surface area contributed by atoms with Crippen LogP contribution in [0.4, 0.5) is 23.2 Å². The van der Waals surface area contributed by atoms with E-state index >= 15 is 0 Å². The van der Waals surface area contributed by atoms with E-state index in [0.29, 0.717) is 6.07 Å². The third kappa shape index (κ3) is 3.55. The van der Waals surface area contributed by atoms with Crippen LogP contribution in [0.15, 0.2) is 18.2 Å². The summed E-state index contributed by atoms with van der Waals surface area (Å²) in [5, 5.41) is -0.592. The van der Waals surface area contributed by atoms with Crippen LogP contribution in [0.25, 0.3) is 0 Å². The molecule has 8 heteroatoms. The lowest BCUT2D eigenvalue weighted by Gasteiger charge is -2.21. The van der Waals surface area contributed by atoms with Crippen LogP contribution in [0.5, 0.6) is 0 Å². The fourth-order valence-electron chi connectivity index (χ4n) is 2.19. The van der Waals surface area contributed by atoms with Crippen molar-refractivity contribution in [2.24, 2.45) is 0 Å². The zero-order chi connectivity index (χ0) is 15.8. The van der Waals surface area contributed by atoms with Crippen molar-refractivity contribution in [2.45, 2.75) is 24.8 Å². The molecule has 21 heavy (non-hydrogen) atoms. The second-order valence-electron chi connectivity index (χ2n) is 4.60. The molecule has 0 spiro atoms. The van der Waals surface area contributed by atoms with Crippen LogP contribution >= 0.6 is 11.8 Å². The lowest BCUT2D eigenvalue weighted by Crippen LogP contribution is -2.27. The quantitative estimate of drug-likeness (QED) is 0.785. The first-order valence-corrected chi connectivity index (χ1v) is 6.91. The maximum absolute atomic E-state index is 13.1. The highest BCUT2D eigenvalue weighted by molar-refractivity contribution is 8.14. The molecular formula is C13H11F4NO2S. The van der Waals surface area contributed by atoms with E-state index in [0.717, 1.165) is 28.8 Å². The molecule has 1 aromatic carbocycles. The Morgan fingerprint density at radius 1 is 1.38 bits per heavy atom. The van der Waals surface area contributed by atoms with Gasteiger partial charge in [-0.1, -0.05) is 11.8 Å². The first-order valence-electron chi connectivity index (χ1n) is 6.03. The highest BCUT2D eigenvalue weighted by atomic mass is 32.2. The third-order valence-electron chi connectivity index (χ3n) is 2.98. The van der Waals surface area contributed by atoms with Gasteiger partial charge >= 0.3 is 6.18 Å². The molecule has 2 rings (SSSR count). The first-order chi connectivity index (χ1) is 9.68. The monoisotopic (exact) mass is 321 g/mol. The van der Waals surface area contributed by atoms with Gasteiger partial charge in [0.1, 0.15) is 5.82 Å². The topological polar surface area (TPSA) is 37.4 Å². The largest absolute Gasteiger partial charge is 0.418 e. The number of thioether (sulfide) groups is 1. The van der Waals surface area contributed by atoms with Crippen molar-refractivity contribution in [3.8, 4) is 0 Å². The molecule has 1 atom stereocenters. The maximum Gasteiger partial charge on any atom is 0.418 e. The van der Waals surface area contributed by atoms with Crippen molar-refractivity contribution in [2.75, 3.05) is 11.4 Å². The number of carbonyl (C=O) groups is 2. The summed E-state index contributed by atoms with van der Waals surface area (Å²) in [7, 11) is 0. The van der Waals surface area contributed by atoms with Gasteiger partial charge in [0.2, 0.25) is 5.91 Å². The van der Waals surface area contributed by atoms with Gasteiger partial charge in [0.25, 0.3) is 0 Å². The molecule has 1 aromatic rings. The number of anilines is 1. The van der Waals surface area contributed by atoms with Gasteiger partial charge < -0.3 is 4.90 Å². The van der Waals surface area contributed by atoms with Gasteiger partial charge in [-0.3, -0.25) is 9.59 Å². The lowest BCUT2D eigenvalue weighted by molar-refractivity contribution is -0.137. The minimum absolute atomic E-state index is 0.00219. The Labute approximate surface area is 122 Å². The van der Waals surface area contributed by atoms with E-state index in [1.54, 1.807) is 0 Å². The van der Waals surface area contributed by atoms with Gasteiger partial charge in [0.05, 0.1) is 11.3 Å². The molecule has 0 bridgehead atoms. The summed E-state index contributed by atoms with van der Waals surface area (Å²) < 4.78 is 51.9. The summed E-state index contributed by atoms with van der Waals surface area (Å²) in [6.45, 7) is 1.33. The second kappa shape index (κ2) is 5.67. The van der Waals surface area contributed by atoms with E-state index in [9.17, 15) is 27.2 Å². The zero-order valence-electron chi connectivity index (χ0n) is 10.9. The molecule has 1 heterocycles. The maximum atomic E-state index is 13.1.